The van der Waals surface area contributed by atoms with E-state index in [1.165, 1.54) is 6.42 Å². The first kappa shape index (κ1) is 18.0. The van der Waals surface area contributed by atoms with Crippen molar-refractivity contribution < 1.29 is 9.53 Å². The molecule has 1 aromatic carbocycles. The Bertz CT molecular complexity index is 597. The van der Waals surface area contributed by atoms with Gasteiger partial charge in [-0.1, -0.05) is 18.2 Å². The average molecular weight is 329 g/mol. The molecule has 1 aliphatic heterocycles. The van der Waals surface area contributed by atoms with Crippen LogP contribution in [-0.4, -0.2) is 39.5 Å². The number of ether oxygens (including phenoxy) is 1. The SMILES string of the molecule is CC(C)(C)OC(=O)N1CCCCC1.c1ccc(-n2cccn2)cc1. The van der Waals surface area contributed by atoms with E-state index in [0.29, 0.717) is 0 Å². The van der Waals surface area contributed by atoms with Gasteiger partial charge in [-0.2, -0.15) is 5.10 Å². The van der Waals surface area contributed by atoms with Crippen LogP contribution in [-0.2, 0) is 4.74 Å². The first-order valence-electron chi connectivity index (χ1n) is 8.49. The van der Waals surface area contributed by atoms with Crippen molar-refractivity contribution in [2.75, 3.05) is 13.1 Å². The van der Waals surface area contributed by atoms with Gasteiger partial charge >= 0.3 is 6.09 Å². The van der Waals surface area contributed by atoms with Crippen LogP contribution in [0.1, 0.15) is 40.0 Å². The molecule has 0 spiro atoms. The fraction of sp³-hybridized carbons (Fsp3) is 0.474. The third kappa shape index (κ3) is 6.07. The molecule has 0 N–H and O–H groups in total. The number of amides is 1. The molecule has 1 aromatic heterocycles. The summed E-state index contributed by atoms with van der Waals surface area (Å²) in [5, 5.41) is 4.10. The van der Waals surface area contributed by atoms with Gasteiger partial charge in [0.2, 0.25) is 0 Å². The van der Waals surface area contributed by atoms with Crippen molar-refractivity contribution in [3.63, 3.8) is 0 Å². The second-order valence-electron chi connectivity index (χ2n) is 6.81. The normalized spacial score (nSPS) is 14.5. The zero-order valence-electron chi connectivity index (χ0n) is 14.8. The van der Waals surface area contributed by atoms with Crippen LogP contribution in [0, 0.1) is 0 Å². The van der Waals surface area contributed by atoms with Gasteiger partial charge < -0.3 is 9.64 Å². The van der Waals surface area contributed by atoms with Crippen LogP contribution < -0.4 is 0 Å². The summed E-state index contributed by atoms with van der Waals surface area (Å²) in [6, 6.07) is 11.9. The number of carbonyl (C=O) groups is 1. The molecule has 24 heavy (non-hydrogen) atoms. The van der Waals surface area contributed by atoms with E-state index in [2.05, 4.69) is 5.10 Å². The molecule has 1 aliphatic rings. The van der Waals surface area contributed by atoms with Gasteiger partial charge in [0.25, 0.3) is 0 Å². The Labute approximate surface area is 144 Å². The van der Waals surface area contributed by atoms with Crippen LogP contribution in [0.2, 0.25) is 0 Å². The number of hydrogen-bond acceptors (Lipinski definition) is 3. The molecule has 2 heterocycles. The Balaban J connectivity index is 0.000000175. The summed E-state index contributed by atoms with van der Waals surface area (Å²) >= 11 is 0. The lowest BCUT2D eigenvalue weighted by Gasteiger charge is -2.29. The predicted molar refractivity (Wildman–Crippen MR) is 95.2 cm³/mol. The highest BCUT2D eigenvalue weighted by Gasteiger charge is 2.22. The number of piperidine rings is 1. The van der Waals surface area contributed by atoms with Crippen LogP contribution in [0.25, 0.3) is 5.69 Å². The molecule has 1 amide bonds. The van der Waals surface area contributed by atoms with E-state index >= 15 is 0 Å². The summed E-state index contributed by atoms with van der Waals surface area (Å²) in [7, 11) is 0. The minimum atomic E-state index is -0.367. The van der Waals surface area contributed by atoms with Gasteiger partial charge in [0.15, 0.2) is 0 Å². The standard InChI is InChI=1S/C10H19NO2.C9H8N2/c1-10(2,3)13-9(12)11-7-5-4-6-8-11;1-2-5-9(6-3-1)11-8-4-7-10-11/h4-8H2,1-3H3;1-8H. The summed E-state index contributed by atoms with van der Waals surface area (Å²) < 4.78 is 7.10. The largest absolute Gasteiger partial charge is 0.444 e. The lowest BCUT2D eigenvalue weighted by atomic mass is 10.1. The van der Waals surface area contributed by atoms with Crippen molar-refractivity contribution in [3.8, 4) is 5.69 Å². The van der Waals surface area contributed by atoms with Gasteiger partial charge in [-0.25, -0.2) is 9.48 Å². The number of rotatable bonds is 1. The Hall–Kier alpha value is -2.30. The Morgan fingerprint density at radius 1 is 1.04 bits per heavy atom. The van der Waals surface area contributed by atoms with E-state index in [1.807, 2.05) is 68.0 Å². The van der Waals surface area contributed by atoms with Crippen LogP contribution in [0.3, 0.4) is 0 Å². The molecular formula is C19H27N3O2. The van der Waals surface area contributed by atoms with Crippen molar-refractivity contribution in [1.82, 2.24) is 14.7 Å². The molecule has 2 aromatic rings. The molecule has 5 nitrogen and oxygen atoms in total. The molecule has 0 unspecified atom stereocenters. The van der Waals surface area contributed by atoms with E-state index < -0.39 is 0 Å². The predicted octanol–water partition coefficient (Wildman–Crippen LogP) is 4.28. The van der Waals surface area contributed by atoms with Crippen molar-refractivity contribution >= 4 is 6.09 Å². The van der Waals surface area contributed by atoms with Crippen LogP contribution >= 0.6 is 0 Å². The molecule has 0 saturated carbocycles. The first-order chi connectivity index (χ1) is 11.5. The zero-order chi connectivity index (χ0) is 17.4. The average Bonchev–Trinajstić information content (AvgIpc) is 3.10. The van der Waals surface area contributed by atoms with Gasteiger partial charge in [0, 0.05) is 25.5 Å². The van der Waals surface area contributed by atoms with Gasteiger partial charge in [-0.3, -0.25) is 0 Å². The summed E-state index contributed by atoms with van der Waals surface area (Å²) in [4.78, 5) is 13.3. The number of para-hydroxylation sites is 1. The smallest absolute Gasteiger partial charge is 0.410 e. The topological polar surface area (TPSA) is 47.4 Å². The number of hydrogen-bond donors (Lipinski definition) is 0. The first-order valence-corrected chi connectivity index (χ1v) is 8.49. The Kier molecular flexibility index (Phi) is 6.41. The molecule has 0 radical (unpaired) electrons. The zero-order valence-corrected chi connectivity index (χ0v) is 14.8. The Morgan fingerprint density at radius 2 is 1.71 bits per heavy atom. The van der Waals surface area contributed by atoms with E-state index in [-0.39, 0.29) is 11.7 Å². The van der Waals surface area contributed by atoms with Gasteiger partial charge in [-0.15, -0.1) is 0 Å². The number of nitrogens with zero attached hydrogens (tertiary/aromatic N) is 3. The highest BCUT2D eigenvalue weighted by atomic mass is 16.6. The summed E-state index contributed by atoms with van der Waals surface area (Å²) in [6.07, 6.45) is 6.99. The number of carbonyl (C=O) groups excluding carboxylic acids is 1. The maximum absolute atomic E-state index is 11.5. The van der Waals surface area contributed by atoms with E-state index in [0.717, 1.165) is 31.6 Å². The maximum Gasteiger partial charge on any atom is 0.410 e. The number of aromatic nitrogens is 2. The van der Waals surface area contributed by atoms with Crippen LogP contribution in [0.5, 0.6) is 0 Å². The molecule has 0 aliphatic carbocycles. The third-order valence-electron chi connectivity index (χ3n) is 3.53. The second-order valence-corrected chi connectivity index (χ2v) is 6.81. The molecule has 3 rings (SSSR count). The summed E-state index contributed by atoms with van der Waals surface area (Å²) in [5.74, 6) is 0. The minimum Gasteiger partial charge on any atom is -0.444 e. The summed E-state index contributed by atoms with van der Waals surface area (Å²) in [5.41, 5.74) is 0.728. The second kappa shape index (κ2) is 8.52. The molecule has 5 heteroatoms. The molecular weight excluding hydrogens is 302 g/mol. The third-order valence-corrected chi connectivity index (χ3v) is 3.53. The minimum absolute atomic E-state index is 0.160. The molecule has 1 saturated heterocycles. The monoisotopic (exact) mass is 329 g/mol. The van der Waals surface area contributed by atoms with Crippen LogP contribution in [0.4, 0.5) is 4.79 Å². The molecule has 1 fully saturated rings. The highest BCUT2D eigenvalue weighted by Crippen LogP contribution is 2.14. The van der Waals surface area contributed by atoms with Crippen molar-refractivity contribution in [1.29, 1.82) is 0 Å². The van der Waals surface area contributed by atoms with E-state index in [9.17, 15) is 4.79 Å². The van der Waals surface area contributed by atoms with Crippen molar-refractivity contribution in [3.05, 3.63) is 48.8 Å². The molecule has 130 valence electrons. The van der Waals surface area contributed by atoms with Gasteiger partial charge in [0.05, 0.1) is 5.69 Å². The van der Waals surface area contributed by atoms with Gasteiger partial charge in [-0.05, 0) is 58.2 Å². The highest BCUT2D eigenvalue weighted by molar-refractivity contribution is 5.68. The van der Waals surface area contributed by atoms with Gasteiger partial charge in [0.1, 0.15) is 5.60 Å². The fourth-order valence-corrected chi connectivity index (χ4v) is 2.41. The number of benzene rings is 1. The van der Waals surface area contributed by atoms with Crippen molar-refractivity contribution in [2.45, 2.75) is 45.6 Å². The fourth-order valence-electron chi connectivity index (χ4n) is 2.41. The van der Waals surface area contributed by atoms with E-state index in [4.69, 9.17) is 4.74 Å². The lowest BCUT2D eigenvalue weighted by Crippen LogP contribution is -2.39. The quantitative estimate of drug-likeness (QED) is 0.784. The van der Waals surface area contributed by atoms with E-state index in [1.54, 1.807) is 11.1 Å². The molecule has 0 atom stereocenters. The van der Waals surface area contributed by atoms with Crippen molar-refractivity contribution in [2.24, 2.45) is 0 Å². The van der Waals surface area contributed by atoms with Crippen LogP contribution in [0.15, 0.2) is 48.8 Å². The molecule has 0 bridgehead atoms. The maximum atomic E-state index is 11.5. The summed E-state index contributed by atoms with van der Waals surface area (Å²) in [6.45, 7) is 7.41. The Morgan fingerprint density at radius 3 is 2.25 bits per heavy atom. The lowest BCUT2D eigenvalue weighted by molar-refractivity contribution is 0.0216. The number of likely N-dealkylation sites (tertiary alicyclic amines) is 1.